The summed E-state index contributed by atoms with van der Waals surface area (Å²) in [4.78, 5) is 14.2. The van der Waals surface area contributed by atoms with Crippen LogP contribution in [0.25, 0.3) is 0 Å². The van der Waals surface area contributed by atoms with Crippen LogP contribution in [0.3, 0.4) is 0 Å². The highest BCUT2D eigenvalue weighted by atomic mass is 19.1. The minimum Gasteiger partial charge on any atom is -0.452 e. The normalized spacial score (nSPS) is 19.2. The van der Waals surface area contributed by atoms with Crippen LogP contribution in [0.4, 0.5) is 14.9 Å². The van der Waals surface area contributed by atoms with E-state index in [0.717, 1.165) is 0 Å². The molecule has 1 saturated heterocycles. The Hall–Kier alpha value is -2.64. The third-order valence-electron chi connectivity index (χ3n) is 4.21. The Labute approximate surface area is 151 Å². The maximum Gasteiger partial charge on any atom is 0.322 e. The fraction of sp³-hybridized carbons (Fsp3) is 0.316. The molecule has 0 unspecified atom stereocenters. The van der Waals surface area contributed by atoms with Gasteiger partial charge in [-0.3, -0.25) is 0 Å². The second-order valence-electron chi connectivity index (χ2n) is 5.92. The van der Waals surface area contributed by atoms with Gasteiger partial charge in [-0.1, -0.05) is 24.3 Å². The summed E-state index contributed by atoms with van der Waals surface area (Å²) in [5.74, 6) is -0.0959. The highest BCUT2D eigenvalue weighted by Gasteiger charge is 2.34. The standard InChI is InChI=1S/C19H21FN2O4/c1-2-22(15-11-25-12-16(15)23)19(24)21-14-8-4-6-10-18(14)26-17-9-5-3-7-13(17)20/h3-10,15-16,23H,2,11-12H2,1H3,(H,21,24)/t15-,16-/m0/s1. The highest BCUT2D eigenvalue weighted by molar-refractivity contribution is 5.91. The average Bonchev–Trinajstić information content (AvgIpc) is 3.05. The SMILES string of the molecule is CCN(C(=O)Nc1ccccc1Oc1ccccc1F)[C@H]1COC[C@@H]1O. The zero-order valence-corrected chi connectivity index (χ0v) is 14.4. The van der Waals surface area contributed by atoms with Crippen LogP contribution < -0.4 is 10.1 Å². The topological polar surface area (TPSA) is 71.0 Å². The van der Waals surface area contributed by atoms with Gasteiger partial charge in [-0.25, -0.2) is 9.18 Å². The summed E-state index contributed by atoms with van der Waals surface area (Å²) < 4.78 is 24.7. The number of carbonyl (C=O) groups is 1. The molecule has 0 aliphatic carbocycles. The lowest BCUT2D eigenvalue weighted by Crippen LogP contribution is -2.48. The smallest absolute Gasteiger partial charge is 0.322 e. The number of urea groups is 1. The molecular formula is C19H21FN2O4. The van der Waals surface area contributed by atoms with Crippen molar-refractivity contribution >= 4 is 11.7 Å². The molecule has 2 amide bonds. The number of hydrogen-bond donors (Lipinski definition) is 2. The van der Waals surface area contributed by atoms with Crippen LogP contribution in [0.15, 0.2) is 48.5 Å². The molecule has 1 aliphatic rings. The molecule has 1 heterocycles. The fourth-order valence-electron chi connectivity index (χ4n) is 2.85. The Morgan fingerprint density at radius 2 is 1.92 bits per heavy atom. The van der Waals surface area contributed by atoms with Crippen molar-refractivity contribution in [1.29, 1.82) is 0 Å². The van der Waals surface area contributed by atoms with E-state index in [2.05, 4.69) is 5.32 Å². The van der Waals surface area contributed by atoms with Crippen LogP contribution >= 0.6 is 0 Å². The number of para-hydroxylation sites is 3. The number of benzene rings is 2. The number of likely N-dealkylation sites (N-methyl/N-ethyl adjacent to an activating group) is 1. The van der Waals surface area contributed by atoms with Gasteiger partial charge in [0.2, 0.25) is 0 Å². The molecule has 2 N–H and O–H groups in total. The molecule has 0 spiro atoms. The first-order chi connectivity index (χ1) is 12.6. The Kier molecular flexibility index (Phi) is 5.70. The lowest BCUT2D eigenvalue weighted by Gasteiger charge is -2.29. The number of hydrogen-bond acceptors (Lipinski definition) is 4. The summed E-state index contributed by atoms with van der Waals surface area (Å²) in [6, 6.07) is 12.1. The minimum absolute atomic E-state index is 0.0705. The monoisotopic (exact) mass is 360 g/mol. The Morgan fingerprint density at radius 1 is 1.23 bits per heavy atom. The first-order valence-electron chi connectivity index (χ1n) is 8.45. The van der Waals surface area contributed by atoms with Gasteiger partial charge in [0.25, 0.3) is 0 Å². The molecule has 0 aromatic heterocycles. The second-order valence-corrected chi connectivity index (χ2v) is 5.92. The number of aliphatic hydroxyl groups excluding tert-OH is 1. The van der Waals surface area contributed by atoms with Gasteiger partial charge in [0.05, 0.1) is 31.0 Å². The molecule has 3 rings (SSSR count). The molecule has 2 atom stereocenters. The molecule has 6 nitrogen and oxygen atoms in total. The van der Waals surface area contributed by atoms with Crippen molar-refractivity contribution in [3.63, 3.8) is 0 Å². The van der Waals surface area contributed by atoms with Gasteiger partial charge < -0.3 is 24.8 Å². The molecule has 0 radical (unpaired) electrons. The van der Waals surface area contributed by atoms with Crippen molar-refractivity contribution in [2.45, 2.75) is 19.1 Å². The van der Waals surface area contributed by atoms with Gasteiger partial charge in [0, 0.05) is 6.54 Å². The number of rotatable bonds is 5. The van der Waals surface area contributed by atoms with Gasteiger partial charge in [-0.05, 0) is 31.2 Å². The number of amides is 2. The zero-order valence-electron chi connectivity index (χ0n) is 14.4. The first-order valence-corrected chi connectivity index (χ1v) is 8.45. The summed E-state index contributed by atoms with van der Waals surface area (Å²) in [6.07, 6.45) is -0.717. The van der Waals surface area contributed by atoms with Crippen molar-refractivity contribution in [3.8, 4) is 11.5 Å². The van der Waals surface area contributed by atoms with Crippen LogP contribution in [0.5, 0.6) is 11.5 Å². The Morgan fingerprint density at radius 3 is 2.58 bits per heavy atom. The predicted molar refractivity (Wildman–Crippen MR) is 94.9 cm³/mol. The largest absolute Gasteiger partial charge is 0.452 e. The molecular weight excluding hydrogens is 339 g/mol. The summed E-state index contributed by atoms with van der Waals surface area (Å²) in [6.45, 7) is 2.73. The summed E-state index contributed by atoms with van der Waals surface area (Å²) in [5, 5.41) is 12.7. The minimum atomic E-state index is -0.717. The summed E-state index contributed by atoms with van der Waals surface area (Å²) in [5.41, 5.74) is 0.410. The van der Waals surface area contributed by atoms with E-state index in [4.69, 9.17) is 9.47 Å². The quantitative estimate of drug-likeness (QED) is 0.859. The molecule has 7 heteroatoms. The average molecular weight is 360 g/mol. The molecule has 138 valence electrons. The Balaban J connectivity index is 1.77. The first kappa shape index (κ1) is 18.2. The Bertz CT molecular complexity index is 771. The molecule has 1 aliphatic heterocycles. The predicted octanol–water partition coefficient (Wildman–Crippen LogP) is 3.23. The molecule has 26 heavy (non-hydrogen) atoms. The lowest BCUT2D eigenvalue weighted by atomic mass is 10.2. The third kappa shape index (κ3) is 3.95. The van der Waals surface area contributed by atoms with Crippen LogP contribution in [0, 0.1) is 5.82 Å². The number of nitrogens with one attached hydrogen (secondary N) is 1. The molecule has 2 aromatic carbocycles. The number of aliphatic hydroxyl groups is 1. The fourth-order valence-corrected chi connectivity index (χ4v) is 2.85. The van der Waals surface area contributed by atoms with Crippen LogP contribution in [0.2, 0.25) is 0 Å². The van der Waals surface area contributed by atoms with E-state index in [-0.39, 0.29) is 25.0 Å². The summed E-state index contributed by atoms with van der Waals surface area (Å²) >= 11 is 0. The van der Waals surface area contributed by atoms with Crippen molar-refractivity contribution in [1.82, 2.24) is 4.90 Å². The van der Waals surface area contributed by atoms with E-state index in [1.165, 1.54) is 17.0 Å². The second kappa shape index (κ2) is 8.16. The number of nitrogens with zero attached hydrogens (tertiary/aromatic N) is 1. The van der Waals surface area contributed by atoms with Gasteiger partial charge >= 0.3 is 6.03 Å². The van der Waals surface area contributed by atoms with E-state index in [1.54, 1.807) is 36.4 Å². The van der Waals surface area contributed by atoms with E-state index in [9.17, 15) is 14.3 Å². The van der Waals surface area contributed by atoms with Crippen molar-refractivity contribution in [2.75, 3.05) is 25.1 Å². The maximum atomic E-state index is 13.8. The van der Waals surface area contributed by atoms with Gasteiger partial charge in [0.15, 0.2) is 17.3 Å². The number of carbonyl (C=O) groups excluding carboxylic acids is 1. The number of halogens is 1. The van der Waals surface area contributed by atoms with Gasteiger partial charge in [0.1, 0.15) is 0 Å². The van der Waals surface area contributed by atoms with Gasteiger partial charge in [-0.15, -0.1) is 0 Å². The van der Waals surface area contributed by atoms with E-state index >= 15 is 0 Å². The highest BCUT2D eigenvalue weighted by Crippen LogP contribution is 2.31. The van der Waals surface area contributed by atoms with E-state index < -0.39 is 18.0 Å². The van der Waals surface area contributed by atoms with Crippen LogP contribution in [0.1, 0.15) is 6.92 Å². The zero-order chi connectivity index (χ0) is 18.5. The van der Waals surface area contributed by atoms with Crippen molar-refractivity contribution < 1.29 is 23.8 Å². The van der Waals surface area contributed by atoms with Crippen molar-refractivity contribution in [3.05, 3.63) is 54.3 Å². The van der Waals surface area contributed by atoms with Gasteiger partial charge in [-0.2, -0.15) is 0 Å². The lowest BCUT2D eigenvalue weighted by molar-refractivity contribution is 0.1000. The third-order valence-corrected chi connectivity index (χ3v) is 4.21. The van der Waals surface area contributed by atoms with E-state index in [1.807, 2.05) is 6.92 Å². The molecule has 1 fully saturated rings. The van der Waals surface area contributed by atoms with Crippen LogP contribution in [-0.4, -0.2) is 47.9 Å². The van der Waals surface area contributed by atoms with E-state index in [0.29, 0.717) is 18.0 Å². The maximum absolute atomic E-state index is 13.8. The number of anilines is 1. The molecule has 0 bridgehead atoms. The molecule has 0 saturated carbocycles. The van der Waals surface area contributed by atoms with Crippen LogP contribution in [-0.2, 0) is 4.74 Å². The number of ether oxygens (including phenoxy) is 2. The summed E-state index contributed by atoms with van der Waals surface area (Å²) in [7, 11) is 0. The molecule has 2 aromatic rings. The van der Waals surface area contributed by atoms with Crippen molar-refractivity contribution in [2.24, 2.45) is 0 Å².